The molecule has 176 valence electrons. The number of aliphatic carboxylic acids is 1. The molecule has 3 atom stereocenters. The lowest BCUT2D eigenvalue weighted by molar-refractivity contribution is -0.145. The molecule has 0 saturated heterocycles. The van der Waals surface area contributed by atoms with Crippen LogP contribution in [-0.2, 0) is 19.1 Å². The molecule has 1 aliphatic carbocycles. The number of carbonyl (C=O) groups is 2. The van der Waals surface area contributed by atoms with Gasteiger partial charge in [-0.05, 0) is 42.2 Å². The van der Waals surface area contributed by atoms with Crippen molar-refractivity contribution in [2.24, 2.45) is 16.7 Å². The molecule has 2 aromatic rings. The summed E-state index contributed by atoms with van der Waals surface area (Å²) in [5, 5.41) is 20.3. The normalized spacial score (nSPS) is 20.7. The van der Waals surface area contributed by atoms with Crippen LogP contribution in [0.2, 0.25) is 0 Å². The molecule has 0 bridgehead atoms. The Hall–Kier alpha value is -3.81. The number of benzene rings is 2. The minimum Gasteiger partial charge on any atom is -0.481 e. The van der Waals surface area contributed by atoms with Gasteiger partial charge in [-0.2, -0.15) is 5.26 Å². The summed E-state index contributed by atoms with van der Waals surface area (Å²) in [6.45, 7) is 6.15. The fraction of sp³-hybridized carbons (Fsp3) is 0.370. The average Bonchev–Trinajstić information content (AvgIpc) is 3.32. The number of para-hydroxylation sites is 1. The van der Waals surface area contributed by atoms with Gasteiger partial charge in [-0.15, -0.1) is 0 Å². The predicted molar refractivity (Wildman–Crippen MR) is 124 cm³/mol. The van der Waals surface area contributed by atoms with Gasteiger partial charge in [-0.1, -0.05) is 50.1 Å². The lowest BCUT2D eigenvalue weighted by Gasteiger charge is -2.22. The zero-order valence-electron chi connectivity index (χ0n) is 19.4. The molecule has 1 N–H and O–H groups in total. The number of hydrogen-bond donors (Lipinski definition) is 1. The molecular formula is C27H27NO6. The van der Waals surface area contributed by atoms with Crippen molar-refractivity contribution >= 4 is 11.9 Å². The van der Waals surface area contributed by atoms with Gasteiger partial charge in [0.05, 0.1) is 18.6 Å². The van der Waals surface area contributed by atoms with Crippen LogP contribution >= 0.6 is 0 Å². The lowest BCUT2D eigenvalue weighted by Crippen LogP contribution is -2.28. The van der Waals surface area contributed by atoms with Gasteiger partial charge in [-0.3, -0.25) is 4.79 Å². The molecule has 1 saturated carbocycles. The van der Waals surface area contributed by atoms with Gasteiger partial charge >= 0.3 is 11.9 Å². The van der Waals surface area contributed by atoms with Gasteiger partial charge in [0.25, 0.3) is 0 Å². The second-order valence-electron chi connectivity index (χ2n) is 8.48. The van der Waals surface area contributed by atoms with Gasteiger partial charge in [0.2, 0.25) is 0 Å². The number of ether oxygens (including phenoxy) is 3. The number of hydrogen-bond acceptors (Lipinski definition) is 6. The highest BCUT2D eigenvalue weighted by Crippen LogP contribution is 2.74. The van der Waals surface area contributed by atoms with Gasteiger partial charge in [0.15, 0.2) is 0 Å². The van der Waals surface area contributed by atoms with E-state index in [2.05, 4.69) is 17.9 Å². The minimum absolute atomic E-state index is 0.0640. The maximum absolute atomic E-state index is 12.6. The van der Waals surface area contributed by atoms with E-state index in [4.69, 9.17) is 14.2 Å². The number of carboxylic acids is 1. The predicted octanol–water partition coefficient (Wildman–Crippen LogP) is 4.40. The zero-order valence-corrected chi connectivity index (χ0v) is 19.4. The number of carboxylic acid groups (broad SMARTS) is 1. The number of esters is 1. The molecule has 2 aromatic carbocycles. The van der Waals surface area contributed by atoms with Crippen molar-refractivity contribution in [3.8, 4) is 29.4 Å². The Balaban J connectivity index is 1.87. The molecule has 0 heterocycles. The second-order valence-corrected chi connectivity index (χ2v) is 8.48. The third-order valence-corrected chi connectivity index (χ3v) is 6.25. The Morgan fingerprint density at radius 3 is 2.44 bits per heavy atom. The van der Waals surface area contributed by atoms with E-state index in [-0.39, 0.29) is 13.2 Å². The van der Waals surface area contributed by atoms with Crippen molar-refractivity contribution in [2.45, 2.75) is 26.7 Å². The Bertz CT molecular complexity index is 1140. The summed E-state index contributed by atoms with van der Waals surface area (Å²) in [5.74, 6) is 2.66. The average molecular weight is 462 g/mol. The van der Waals surface area contributed by atoms with E-state index >= 15 is 0 Å². The Morgan fingerprint density at radius 2 is 1.79 bits per heavy atom. The van der Waals surface area contributed by atoms with Gasteiger partial charge < -0.3 is 19.3 Å². The van der Waals surface area contributed by atoms with E-state index in [0.717, 1.165) is 0 Å². The monoisotopic (exact) mass is 461 g/mol. The fourth-order valence-electron chi connectivity index (χ4n) is 4.48. The first-order valence-electron chi connectivity index (χ1n) is 11.0. The molecule has 0 spiro atoms. The highest BCUT2D eigenvalue weighted by molar-refractivity contribution is 5.90. The first-order chi connectivity index (χ1) is 16.3. The first kappa shape index (κ1) is 24.8. The Kier molecular flexibility index (Phi) is 7.61. The third kappa shape index (κ3) is 4.76. The van der Waals surface area contributed by atoms with Crippen LogP contribution in [0.15, 0.2) is 54.6 Å². The molecule has 0 amide bonds. The van der Waals surface area contributed by atoms with Crippen molar-refractivity contribution in [2.75, 3.05) is 19.8 Å². The number of nitriles is 1. The maximum atomic E-state index is 12.6. The van der Waals surface area contributed by atoms with Crippen molar-refractivity contribution in [1.29, 1.82) is 5.26 Å². The van der Waals surface area contributed by atoms with Crippen molar-refractivity contribution in [3.63, 3.8) is 0 Å². The Labute approximate surface area is 199 Å². The maximum Gasteiger partial charge on any atom is 0.384 e. The zero-order chi connectivity index (χ0) is 24.8. The largest absolute Gasteiger partial charge is 0.481 e. The molecule has 0 aromatic heterocycles. The van der Waals surface area contributed by atoms with E-state index in [1.165, 1.54) is 0 Å². The van der Waals surface area contributed by atoms with Crippen LogP contribution in [0.4, 0.5) is 0 Å². The van der Waals surface area contributed by atoms with E-state index in [0.29, 0.717) is 23.7 Å². The third-order valence-electron chi connectivity index (χ3n) is 6.25. The summed E-state index contributed by atoms with van der Waals surface area (Å²) in [4.78, 5) is 24.5. The van der Waals surface area contributed by atoms with Crippen LogP contribution in [0, 0.1) is 39.9 Å². The SMILES string of the molecule is CCOCCOC(=O)C#C[C@H]1C(C)(C)[C@]1(C(=O)O)C(C#N)c1cccc(Oc2ccccc2)c1. The van der Waals surface area contributed by atoms with Gasteiger partial charge in [0, 0.05) is 18.4 Å². The van der Waals surface area contributed by atoms with Crippen LogP contribution in [0.25, 0.3) is 0 Å². The molecule has 34 heavy (non-hydrogen) atoms. The van der Waals surface area contributed by atoms with E-state index < -0.39 is 34.6 Å². The van der Waals surface area contributed by atoms with E-state index in [1.54, 1.807) is 50.2 Å². The lowest BCUT2D eigenvalue weighted by atomic mass is 9.78. The molecule has 0 radical (unpaired) electrons. The summed E-state index contributed by atoms with van der Waals surface area (Å²) in [5.41, 5.74) is -1.84. The summed E-state index contributed by atoms with van der Waals surface area (Å²) in [7, 11) is 0. The molecule has 1 unspecified atom stereocenters. The summed E-state index contributed by atoms with van der Waals surface area (Å²) < 4.78 is 16.0. The van der Waals surface area contributed by atoms with Crippen LogP contribution in [0.3, 0.4) is 0 Å². The standard InChI is InChI=1S/C27H27NO6/c1-4-32-15-16-33-24(29)14-13-23-26(2,3)27(23,25(30)31)22(18-28)19-9-8-12-21(17-19)34-20-10-6-5-7-11-20/h5-12,17,22-23H,4,15-16H2,1-3H3,(H,30,31)/t22?,23-,27+/m0/s1. The molecule has 3 rings (SSSR count). The topological polar surface area (TPSA) is 106 Å². The number of nitrogens with zero attached hydrogens (tertiary/aromatic N) is 1. The van der Waals surface area contributed by atoms with Gasteiger partial charge in [-0.25, -0.2) is 4.79 Å². The highest BCUT2D eigenvalue weighted by atomic mass is 16.6. The van der Waals surface area contributed by atoms with Crippen molar-refractivity contribution in [1.82, 2.24) is 0 Å². The molecule has 0 aliphatic heterocycles. The van der Waals surface area contributed by atoms with Crippen LogP contribution in [-0.4, -0.2) is 36.9 Å². The number of rotatable bonds is 9. The molecule has 7 heteroatoms. The minimum atomic E-state index is -1.49. The highest BCUT2D eigenvalue weighted by Gasteiger charge is 2.79. The molecular weight excluding hydrogens is 434 g/mol. The fourth-order valence-corrected chi connectivity index (χ4v) is 4.48. The van der Waals surface area contributed by atoms with Crippen molar-refractivity contribution < 1.29 is 28.9 Å². The van der Waals surface area contributed by atoms with Crippen LogP contribution < -0.4 is 4.74 Å². The van der Waals surface area contributed by atoms with Gasteiger partial charge in [0.1, 0.15) is 23.5 Å². The molecule has 7 nitrogen and oxygen atoms in total. The molecule has 1 fully saturated rings. The molecule has 1 aliphatic rings. The smallest absolute Gasteiger partial charge is 0.384 e. The summed E-state index contributed by atoms with van der Waals surface area (Å²) in [6.07, 6.45) is 0. The van der Waals surface area contributed by atoms with Crippen molar-refractivity contribution in [3.05, 3.63) is 60.2 Å². The quantitative estimate of drug-likeness (QED) is 0.255. The summed E-state index contributed by atoms with van der Waals surface area (Å²) >= 11 is 0. The van der Waals surface area contributed by atoms with E-state index in [1.807, 2.05) is 25.1 Å². The first-order valence-corrected chi connectivity index (χ1v) is 11.0. The number of carbonyl (C=O) groups excluding carboxylic acids is 1. The summed E-state index contributed by atoms with van der Waals surface area (Å²) in [6, 6.07) is 18.2. The van der Waals surface area contributed by atoms with Crippen LogP contribution in [0.5, 0.6) is 11.5 Å². The second kappa shape index (κ2) is 10.4. The Morgan fingerprint density at radius 1 is 1.09 bits per heavy atom. The van der Waals surface area contributed by atoms with E-state index in [9.17, 15) is 20.0 Å². The van der Waals surface area contributed by atoms with Crippen LogP contribution in [0.1, 0.15) is 32.3 Å².